The average molecular weight is 304 g/mol. The van der Waals surface area contributed by atoms with E-state index >= 15 is 0 Å². The standard InChI is InChI=1S/C19H20N4/c1-12-6-7-16-13(10-12)8-9-23(16)19-17-14-4-2-3-5-15(14)22-18(17)20-11-21-19/h6-7,10-11H,2-5,8-9H2,1H3,(H,20,21,22). The third kappa shape index (κ3) is 1.90. The molecule has 5 rings (SSSR count). The molecule has 0 atom stereocenters. The maximum Gasteiger partial charge on any atom is 0.146 e. The van der Waals surface area contributed by atoms with Crippen molar-refractivity contribution in [3.05, 3.63) is 46.9 Å². The minimum absolute atomic E-state index is 1.00. The van der Waals surface area contributed by atoms with E-state index in [0.717, 1.165) is 37.3 Å². The summed E-state index contributed by atoms with van der Waals surface area (Å²) < 4.78 is 0. The van der Waals surface area contributed by atoms with Crippen LogP contribution in [0.5, 0.6) is 0 Å². The fraction of sp³-hybridized carbons (Fsp3) is 0.368. The van der Waals surface area contributed by atoms with E-state index in [0.29, 0.717) is 0 Å². The molecular formula is C19H20N4. The molecule has 1 aliphatic carbocycles. The van der Waals surface area contributed by atoms with Gasteiger partial charge in [0.15, 0.2) is 0 Å². The van der Waals surface area contributed by atoms with E-state index in [9.17, 15) is 0 Å². The molecule has 0 spiro atoms. The van der Waals surface area contributed by atoms with E-state index in [4.69, 9.17) is 0 Å². The van der Waals surface area contributed by atoms with Crippen LogP contribution in [0.2, 0.25) is 0 Å². The number of nitrogens with one attached hydrogen (secondary N) is 1. The summed E-state index contributed by atoms with van der Waals surface area (Å²) in [5, 5.41) is 1.25. The topological polar surface area (TPSA) is 44.8 Å². The summed E-state index contributed by atoms with van der Waals surface area (Å²) in [4.78, 5) is 15.1. The van der Waals surface area contributed by atoms with Crippen molar-refractivity contribution < 1.29 is 0 Å². The van der Waals surface area contributed by atoms with Crippen LogP contribution in [0.15, 0.2) is 24.5 Å². The van der Waals surface area contributed by atoms with Gasteiger partial charge in [-0.15, -0.1) is 0 Å². The molecule has 23 heavy (non-hydrogen) atoms. The molecule has 0 amide bonds. The Hall–Kier alpha value is -2.36. The van der Waals surface area contributed by atoms with Crippen LogP contribution in [0.25, 0.3) is 11.0 Å². The number of hydrogen-bond acceptors (Lipinski definition) is 3. The Bertz CT molecular complexity index is 909. The van der Waals surface area contributed by atoms with Crippen molar-refractivity contribution in [1.29, 1.82) is 0 Å². The number of rotatable bonds is 1. The van der Waals surface area contributed by atoms with Gasteiger partial charge in [-0.2, -0.15) is 0 Å². The lowest BCUT2D eigenvalue weighted by molar-refractivity contribution is 0.679. The molecule has 1 aromatic carbocycles. The van der Waals surface area contributed by atoms with Crippen molar-refractivity contribution in [3.63, 3.8) is 0 Å². The number of fused-ring (bicyclic) bond motifs is 4. The van der Waals surface area contributed by atoms with E-state index in [1.54, 1.807) is 6.33 Å². The number of nitrogens with zero attached hydrogens (tertiary/aromatic N) is 3. The van der Waals surface area contributed by atoms with Gasteiger partial charge in [0.05, 0.1) is 5.39 Å². The minimum atomic E-state index is 1.00. The molecule has 0 unspecified atom stereocenters. The summed E-state index contributed by atoms with van der Waals surface area (Å²) in [7, 11) is 0. The zero-order valence-electron chi connectivity index (χ0n) is 13.4. The SMILES string of the molecule is Cc1ccc2c(c1)CCN2c1ncnc2[nH]c3c(c12)CCCC3. The summed E-state index contributed by atoms with van der Waals surface area (Å²) >= 11 is 0. The fourth-order valence-electron chi connectivity index (χ4n) is 4.17. The lowest BCUT2D eigenvalue weighted by atomic mass is 9.96. The highest BCUT2D eigenvalue weighted by atomic mass is 15.2. The van der Waals surface area contributed by atoms with Crippen LogP contribution in [0, 0.1) is 6.92 Å². The molecule has 0 saturated carbocycles. The predicted octanol–water partition coefficient (Wildman–Crippen LogP) is 3.84. The molecule has 0 fully saturated rings. The van der Waals surface area contributed by atoms with Gasteiger partial charge >= 0.3 is 0 Å². The van der Waals surface area contributed by atoms with Crippen LogP contribution in [0.4, 0.5) is 11.5 Å². The van der Waals surface area contributed by atoms with E-state index in [1.165, 1.54) is 46.3 Å². The van der Waals surface area contributed by atoms with Crippen molar-refractivity contribution in [1.82, 2.24) is 15.0 Å². The largest absolute Gasteiger partial charge is 0.343 e. The molecule has 0 saturated heterocycles. The Balaban J connectivity index is 1.72. The second-order valence-electron chi connectivity index (χ2n) is 6.74. The number of anilines is 2. The summed E-state index contributed by atoms with van der Waals surface area (Å²) in [6.45, 7) is 3.17. The van der Waals surface area contributed by atoms with Gasteiger partial charge in [0.2, 0.25) is 0 Å². The quantitative estimate of drug-likeness (QED) is 0.743. The number of aromatic nitrogens is 3. The highest BCUT2D eigenvalue weighted by Crippen LogP contribution is 2.39. The summed E-state index contributed by atoms with van der Waals surface area (Å²) in [6, 6.07) is 6.74. The maximum absolute atomic E-state index is 4.69. The van der Waals surface area contributed by atoms with Crippen molar-refractivity contribution in [2.75, 3.05) is 11.4 Å². The minimum Gasteiger partial charge on any atom is -0.343 e. The van der Waals surface area contributed by atoms with Gasteiger partial charge in [0.25, 0.3) is 0 Å². The number of benzene rings is 1. The highest BCUT2D eigenvalue weighted by Gasteiger charge is 2.26. The van der Waals surface area contributed by atoms with Crippen molar-refractivity contribution in [2.45, 2.75) is 39.0 Å². The third-order valence-corrected chi connectivity index (χ3v) is 5.25. The van der Waals surface area contributed by atoms with Crippen LogP contribution in [0.1, 0.15) is 35.2 Å². The lowest BCUT2D eigenvalue weighted by Gasteiger charge is -2.20. The maximum atomic E-state index is 4.69. The summed E-state index contributed by atoms with van der Waals surface area (Å²) in [5.41, 5.74) is 7.89. The third-order valence-electron chi connectivity index (χ3n) is 5.25. The van der Waals surface area contributed by atoms with Crippen LogP contribution >= 0.6 is 0 Å². The zero-order valence-corrected chi connectivity index (χ0v) is 13.4. The first-order valence-electron chi connectivity index (χ1n) is 8.53. The Labute approximate surface area is 135 Å². The molecule has 2 aliphatic rings. The Morgan fingerprint density at radius 2 is 2.00 bits per heavy atom. The Kier molecular flexibility index (Phi) is 2.75. The molecule has 0 bridgehead atoms. The van der Waals surface area contributed by atoms with Crippen molar-refractivity contribution in [2.24, 2.45) is 0 Å². The van der Waals surface area contributed by atoms with Gasteiger partial charge < -0.3 is 9.88 Å². The molecule has 3 aromatic rings. The van der Waals surface area contributed by atoms with Gasteiger partial charge in [0, 0.05) is 17.9 Å². The second kappa shape index (κ2) is 4.82. The van der Waals surface area contributed by atoms with Gasteiger partial charge in [-0.1, -0.05) is 17.7 Å². The predicted molar refractivity (Wildman–Crippen MR) is 92.4 cm³/mol. The van der Waals surface area contributed by atoms with E-state index in [2.05, 4.69) is 45.0 Å². The first-order chi connectivity index (χ1) is 11.3. The van der Waals surface area contributed by atoms with E-state index in [-0.39, 0.29) is 0 Å². The second-order valence-corrected chi connectivity index (χ2v) is 6.74. The molecule has 4 heteroatoms. The van der Waals surface area contributed by atoms with E-state index < -0.39 is 0 Å². The average Bonchev–Trinajstić information content (AvgIpc) is 3.15. The van der Waals surface area contributed by atoms with Crippen LogP contribution < -0.4 is 4.90 Å². The number of aryl methyl sites for hydroxylation is 3. The van der Waals surface area contributed by atoms with Crippen LogP contribution in [-0.2, 0) is 19.3 Å². The summed E-state index contributed by atoms with van der Waals surface area (Å²) in [6.07, 6.45) is 7.62. The first-order valence-corrected chi connectivity index (χ1v) is 8.53. The van der Waals surface area contributed by atoms with Gasteiger partial charge in [-0.25, -0.2) is 9.97 Å². The summed E-state index contributed by atoms with van der Waals surface area (Å²) in [5.74, 6) is 1.08. The van der Waals surface area contributed by atoms with Crippen molar-refractivity contribution in [3.8, 4) is 0 Å². The molecule has 1 aliphatic heterocycles. The molecular weight excluding hydrogens is 284 g/mol. The van der Waals surface area contributed by atoms with Crippen molar-refractivity contribution >= 4 is 22.5 Å². The molecule has 4 nitrogen and oxygen atoms in total. The monoisotopic (exact) mass is 304 g/mol. The van der Waals surface area contributed by atoms with Gasteiger partial charge in [-0.3, -0.25) is 0 Å². The first kappa shape index (κ1) is 13.1. The van der Waals surface area contributed by atoms with Gasteiger partial charge in [-0.05, 0) is 56.2 Å². The normalized spacial score (nSPS) is 16.7. The van der Waals surface area contributed by atoms with Crippen LogP contribution in [-0.4, -0.2) is 21.5 Å². The Morgan fingerprint density at radius 1 is 1.09 bits per heavy atom. The molecule has 3 heterocycles. The molecule has 0 radical (unpaired) electrons. The van der Waals surface area contributed by atoms with E-state index in [1.807, 2.05) is 0 Å². The van der Waals surface area contributed by atoms with Gasteiger partial charge in [0.1, 0.15) is 17.8 Å². The smallest absolute Gasteiger partial charge is 0.146 e. The number of H-pyrrole nitrogens is 1. The fourth-order valence-corrected chi connectivity index (χ4v) is 4.17. The highest BCUT2D eigenvalue weighted by molar-refractivity contribution is 5.94. The zero-order chi connectivity index (χ0) is 15.4. The molecule has 2 aromatic heterocycles. The lowest BCUT2D eigenvalue weighted by Crippen LogP contribution is -2.15. The molecule has 116 valence electrons. The Morgan fingerprint density at radius 3 is 2.96 bits per heavy atom. The number of hydrogen-bond donors (Lipinski definition) is 1. The van der Waals surface area contributed by atoms with Crippen LogP contribution in [0.3, 0.4) is 0 Å². The number of aromatic amines is 1. The molecule has 1 N–H and O–H groups in total.